The Labute approximate surface area is 165 Å². The Balaban J connectivity index is 1.65. The van der Waals surface area contributed by atoms with Crippen molar-refractivity contribution in [3.63, 3.8) is 0 Å². The Kier molecular flexibility index (Phi) is 4.85. The highest BCUT2D eigenvalue weighted by atomic mass is 32.2. The van der Waals surface area contributed by atoms with Crippen LogP contribution in [0.5, 0.6) is 0 Å². The third kappa shape index (κ3) is 3.26. The summed E-state index contributed by atoms with van der Waals surface area (Å²) in [6.45, 7) is 0.295. The molecular formula is C21H17N3O3S. The van der Waals surface area contributed by atoms with Gasteiger partial charge in [0.05, 0.1) is 17.8 Å². The van der Waals surface area contributed by atoms with E-state index in [0.717, 1.165) is 5.69 Å². The number of fused-ring (bicyclic) bond motifs is 2. The predicted octanol–water partition coefficient (Wildman–Crippen LogP) is 2.77. The lowest BCUT2D eigenvalue weighted by atomic mass is 10.1. The van der Waals surface area contributed by atoms with Crippen LogP contribution in [0.25, 0.3) is 0 Å². The third-order valence-electron chi connectivity index (χ3n) is 4.56. The minimum Gasteiger partial charge on any atom is -0.606 e. The van der Waals surface area contributed by atoms with E-state index in [4.69, 9.17) is 0 Å². The van der Waals surface area contributed by atoms with Gasteiger partial charge in [-0.2, -0.15) is 0 Å². The molecule has 4 rings (SSSR count). The largest absolute Gasteiger partial charge is 0.606 e. The summed E-state index contributed by atoms with van der Waals surface area (Å²) < 4.78 is 13.0. The highest BCUT2D eigenvalue weighted by Gasteiger charge is 2.34. The number of rotatable bonds is 3. The summed E-state index contributed by atoms with van der Waals surface area (Å²) in [6.07, 6.45) is 1.66. The van der Waals surface area contributed by atoms with E-state index in [1.165, 1.54) is 4.90 Å². The van der Waals surface area contributed by atoms with Gasteiger partial charge in [0.25, 0.3) is 11.8 Å². The first kappa shape index (κ1) is 18.2. The number of nitrogens with one attached hydrogen (secondary N) is 1. The van der Waals surface area contributed by atoms with Gasteiger partial charge in [-0.1, -0.05) is 18.2 Å². The van der Waals surface area contributed by atoms with Crippen LogP contribution in [0, 0.1) is 0 Å². The van der Waals surface area contributed by atoms with Gasteiger partial charge in [0.15, 0.2) is 9.79 Å². The number of hydrogen-bond donors (Lipinski definition) is 1. The first-order valence-electron chi connectivity index (χ1n) is 8.67. The van der Waals surface area contributed by atoms with Gasteiger partial charge in [-0.25, -0.2) is 0 Å². The van der Waals surface area contributed by atoms with Crippen molar-refractivity contribution in [3.05, 3.63) is 83.7 Å². The van der Waals surface area contributed by atoms with Crippen molar-refractivity contribution in [2.45, 2.75) is 16.3 Å². The minimum absolute atomic E-state index is 0.256. The number of carbonyl (C=O) groups excluding carboxylic acids is 2. The molecule has 0 saturated heterocycles. The van der Waals surface area contributed by atoms with Crippen molar-refractivity contribution in [2.75, 3.05) is 11.9 Å². The number of pyridine rings is 1. The van der Waals surface area contributed by atoms with Crippen LogP contribution in [-0.4, -0.2) is 28.4 Å². The van der Waals surface area contributed by atoms with E-state index in [9.17, 15) is 14.1 Å². The average Bonchev–Trinajstić information content (AvgIpc) is 2.83. The summed E-state index contributed by atoms with van der Waals surface area (Å²) in [6, 6.07) is 17.2. The molecule has 0 bridgehead atoms. The first-order valence-corrected chi connectivity index (χ1v) is 9.82. The molecule has 1 N–H and O–H groups in total. The number of hydrogen-bond acceptors (Lipinski definition) is 4. The number of anilines is 1. The zero-order valence-electron chi connectivity index (χ0n) is 15.1. The molecule has 1 unspecified atom stereocenters. The Morgan fingerprint density at radius 3 is 2.68 bits per heavy atom. The van der Waals surface area contributed by atoms with Crippen molar-refractivity contribution in [1.82, 2.24) is 10.3 Å². The van der Waals surface area contributed by atoms with Crippen LogP contribution in [0.15, 0.2) is 76.7 Å². The van der Waals surface area contributed by atoms with Crippen molar-refractivity contribution < 1.29 is 14.1 Å². The summed E-state index contributed by atoms with van der Waals surface area (Å²) in [5, 5.41) is 2.81. The van der Waals surface area contributed by atoms with Crippen LogP contribution < -0.4 is 10.2 Å². The topological polar surface area (TPSA) is 85.4 Å². The van der Waals surface area contributed by atoms with Crippen molar-refractivity contribution in [1.29, 1.82) is 0 Å². The molecule has 1 aliphatic rings. The maximum Gasteiger partial charge on any atom is 0.263 e. The molecule has 0 fully saturated rings. The fourth-order valence-corrected chi connectivity index (χ4v) is 4.44. The quantitative estimate of drug-likeness (QED) is 0.696. The molecule has 2 heterocycles. The van der Waals surface area contributed by atoms with Gasteiger partial charge >= 0.3 is 0 Å². The highest BCUT2D eigenvalue weighted by Crippen LogP contribution is 2.36. The van der Waals surface area contributed by atoms with E-state index in [1.54, 1.807) is 55.7 Å². The number of nitrogens with zero attached hydrogens (tertiary/aromatic N) is 2. The molecule has 1 aliphatic heterocycles. The summed E-state index contributed by atoms with van der Waals surface area (Å²) in [4.78, 5) is 32.0. The Morgan fingerprint density at radius 2 is 1.89 bits per heavy atom. The van der Waals surface area contributed by atoms with Crippen LogP contribution in [0.1, 0.15) is 26.4 Å². The zero-order valence-corrected chi connectivity index (χ0v) is 15.9. The average molecular weight is 391 g/mol. The summed E-state index contributed by atoms with van der Waals surface area (Å²) in [5.41, 5.74) is 2.00. The van der Waals surface area contributed by atoms with E-state index in [-0.39, 0.29) is 11.8 Å². The van der Waals surface area contributed by atoms with Crippen LogP contribution in [0.2, 0.25) is 0 Å². The fraction of sp³-hybridized carbons (Fsp3) is 0.0952. The van der Waals surface area contributed by atoms with Gasteiger partial charge in [-0.3, -0.25) is 14.6 Å². The molecule has 0 aliphatic carbocycles. The van der Waals surface area contributed by atoms with Gasteiger partial charge < -0.3 is 14.8 Å². The van der Waals surface area contributed by atoms with Crippen LogP contribution in [0.3, 0.4) is 0 Å². The third-order valence-corrected chi connectivity index (χ3v) is 6.06. The number of amides is 2. The molecule has 28 heavy (non-hydrogen) atoms. The van der Waals surface area contributed by atoms with Crippen molar-refractivity contribution in [2.24, 2.45) is 0 Å². The number of aromatic nitrogens is 1. The second-order valence-corrected chi connectivity index (χ2v) is 7.73. The van der Waals surface area contributed by atoms with Gasteiger partial charge in [-0.05, 0) is 42.5 Å². The summed E-state index contributed by atoms with van der Waals surface area (Å²) in [7, 11) is 1.62. The fourth-order valence-electron chi connectivity index (χ4n) is 3.07. The molecule has 3 aromatic rings. The second-order valence-electron chi connectivity index (χ2n) is 6.32. The lowest BCUT2D eigenvalue weighted by Gasteiger charge is -2.17. The van der Waals surface area contributed by atoms with Crippen LogP contribution >= 0.6 is 0 Å². The smallest absolute Gasteiger partial charge is 0.263 e. The molecule has 1 aromatic heterocycles. The van der Waals surface area contributed by atoms with Gasteiger partial charge in [0.1, 0.15) is 5.69 Å². The lowest BCUT2D eigenvalue weighted by molar-refractivity contribution is 0.0947. The number of benzene rings is 2. The lowest BCUT2D eigenvalue weighted by Crippen LogP contribution is -2.27. The molecule has 2 aromatic carbocycles. The SMILES string of the molecule is CN1C(=O)c2ccccc2[S+]([O-])c2ccc(C(=O)NCc3ccccn3)cc21. The Bertz CT molecular complexity index is 1060. The normalized spacial score (nSPS) is 15.4. The van der Waals surface area contributed by atoms with E-state index >= 15 is 0 Å². The maximum atomic E-state index is 13.0. The molecule has 0 spiro atoms. The van der Waals surface area contributed by atoms with Gasteiger partial charge in [0.2, 0.25) is 0 Å². The number of carbonyl (C=O) groups is 2. The molecule has 6 nitrogen and oxygen atoms in total. The summed E-state index contributed by atoms with van der Waals surface area (Å²) >= 11 is -1.51. The Morgan fingerprint density at radius 1 is 1.11 bits per heavy atom. The monoisotopic (exact) mass is 391 g/mol. The van der Waals surface area contributed by atoms with Crippen LogP contribution in [0.4, 0.5) is 5.69 Å². The van der Waals surface area contributed by atoms with Gasteiger partial charge in [0, 0.05) is 30.0 Å². The van der Waals surface area contributed by atoms with Crippen molar-refractivity contribution in [3.8, 4) is 0 Å². The molecule has 140 valence electrons. The first-order chi connectivity index (χ1) is 13.6. The molecule has 2 amide bonds. The molecular weight excluding hydrogens is 374 g/mol. The summed E-state index contributed by atoms with van der Waals surface area (Å²) in [5.74, 6) is -0.546. The van der Waals surface area contributed by atoms with Crippen molar-refractivity contribution >= 4 is 28.7 Å². The van der Waals surface area contributed by atoms with Crippen LogP contribution in [-0.2, 0) is 17.7 Å². The second kappa shape index (κ2) is 7.46. The molecule has 7 heteroatoms. The minimum atomic E-state index is -1.51. The molecule has 0 saturated carbocycles. The van der Waals surface area contributed by atoms with Gasteiger partial charge in [-0.15, -0.1) is 0 Å². The maximum absolute atomic E-state index is 13.0. The molecule has 1 atom stereocenters. The standard InChI is InChI=1S/C21H17N3O3S/c1-24-17-12-14(20(25)23-13-15-6-4-5-11-22-15)9-10-19(17)28(27)18-8-3-2-7-16(18)21(24)26/h2-12H,13H2,1H3,(H,23,25). The molecule has 0 radical (unpaired) electrons. The Hall–Kier alpha value is -3.16. The predicted molar refractivity (Wildman–Crippen MR) is 106 cm³/mol. The van der Waals surface area contributed by atoms with E-state index in [2.05, 4.69) is 10.3 Å². The van der Waals surface area contributed by atoms with E-state index in [0.29, 0.717) is 33.2 Å². The highest BCUT2D eigenvalue weighted by molar-refractivity contribution is 7.91. The van der Waals surface area contributed by atoms with E-state index < -0.39 is 11.2 Å². The zero-order chi connectivity index (χ0) is 19.7. The van der Waals surface area contributed by atoms with E-state index in [1.807, 2.05) is 18.2 Å².